The van der Waals surface area contributed by atoms with Gasteiger partial charge in [-0.05, 0) is 18.9 Å². The molecule has 10 aromatic heterocycles. The number of nitrogens with zero attached hydrogens (tertiary/aromatic N) is 11. The number of rotatable bonds is 16. The number of hydrogen-bond donors (Lipinski definition) is 3. The van der Waals surface area contributed by atoms with Crippen LogP contribution >= 0.6 is 45.3 Å². The second-order valence-corrected chi connectivity index (χ2v) is 28.2. The minimum atomic E-state index is -1.17. The van der Waals surface area contributed by atoms with E-state index in [1.807, 2.05) is 122 Å². The Morgan fingerprint density at radius 2 is 1.08 bits per heavy atom. The Kier molecular flexibility index (Phi) is 21.9. The van der Waals surface area contributed by atoms with Gasteiger partial charge < -0.3 is 30.8 Å². The van der Waals surface area contributed by atoms with Crippen molar-refractivity contribution in [3.63, 3.8) is 0 Å². The van der Waals surface area contributed by atoms with Crippen LogP contribution in [-0.4, -0.2) is 83.4 Å². The predicted molar refractivity (Wildman–Crippen MR) is 354 cm³/mol. The van der Waals surface area contributed by atoms with Gasteiger partial charge in [-0.2, -0.15) is 0 Å². The summed E-state index contributed by atoms with van der Waals surface area (Å²) in [5, 5.41) is 5.08. The van der Waals surface area contributed by atoms with Gasteiger partial charge in [-0.1, -0.05) is 123 Å². The smallest absolute Gasteiger partial charge is 0.197 e. The molecule has 440 valence electrons. The molecule has 0 saturated carbocycles. The van der Waals surface area contributed by atoms with Crippen molar-refractivity contribution in [2.45, 2.75) is 93.5 Å². The van der Waals surface area contributed by atoms with Crippen LogP contribution in [0.3, 0.4) is 0 Å². The summed E-state index contributed by atoms with van der Waals surface area (Å²) >= 11 is 5.69. The lowest BCUT2D eigenvalue weighted by Crippen LogP contribution is -2.06. The van der Waals surface area contributed by atoms with Gasteiger partial charge in [0.2, 0.25) is 0 Å². The number of imidazole rings is 2. The molecular formula is C59H68N14O4S7. The first-order valence-corrected chi connectivity index (χ1v) is 32.9. The van der Waals surface area contributed by atoms with E-state index in [-0.39, 0.29) is 27.5 Å². The molecule has 12 aromatic rings. The molecule has 12 rings (SSSR count). The van der Waals surface area contributed by atoms with Crippen LogP contribution in [0.25, 0.3) is 98.4 Å². The first kappa shape index (κ1) is 64.3. The lowest BCUT2D eigenvalue weighted by molar-refractivity contribution is 0.558. The Morgan fingerprint density at radius 1 is 0.583 bits per heavy atom. The minimum Gasteiger partial charge on any atom is -0.451 e. The molecule has 0 fully saturated rings. The van der Waals surface area contributed by atoms with Gasteiger partial charge in [0.15, 0.2) is 23.9 Å². The Labute approximate surface area is 512 Å². The van der Waals surface area contributed by atoms with Gasteiger partial charge in [-0.3, -0.25) is 12.6 Å². The third-order valence-corrected chi connectivity index (χ3v) is 22.5. The molecule has 2 aromatic carbocycles. The number of anilines is 3. The third kappa shape index (κ3) is 13.3. The highest BCUT2D eigenvalue weighted by atomic mass is 32.2. The third-order valence-electron chi connectivity index (χ3n) is 12.7. The Hall–Kier alpha value is -7.26. The molecule has 0 aliphatic heterocycles. The van der Waals surface area contributed by atoms with Crippen LogP contribution in [0.15, 0.2) is 133 Å². The van der Waals surface area contributed by atoms with Crippen LogP contribution in [0.5, 0.6) is 0 Å². The van der Waals surface area contributed by atoms with Gasteiger partial charge in [-0.15, -0.1) is 45.3 Å². The molecule has 0 spiro atoms. The van der Waals surface area contributed by atoms with E-state index in [2.05, 4.69) is 38.8 Å². The zero-order valence-electron chi connectivity index (χ0n) is 44.9. The number of thiophene rings is 3. The average molecular weight is 1260 g/mol. The van der Waals surface area contributed by atoms with E-state index in [9.17, 15) is 12.6 Å². The predicted octanol–water partition coefficient (Wildman–Crippen LogP) is 14.6. The number of aryl methyl sites for hydroxylation is 2. The van der Waals surface area contributed by atoms with E-state index in [0.29, 0.717) is 74.9 Å². The maximum absolute atomic E-state index is 12.8. The highest BCUT2D eigenvalue weighted by molar-refractivity contribution is 7.88. The van der Waals surface area contributed by atoms with Gasteiger partial charge in [0, 0.05) is 89.3 Å². The van der Waals surface area contributed by atoms with Gasteiger partial charge >= 0.3 is 0 Å². The largest absolute Gasteiger partial charge is 0.451 e. The normalized spacial score (nSPS) is 12.2. The molecule has 0 saturated heterocycles. The Morgan fingerprint density at radius 3 is 1.56 bits per heavy atom. The van der Waals surface area contributed by atoms with E-state index in [0.717, 1.165) is 90.4 Å². The summed E-state index contributed by atoms with van der Waals surface area (Å²) in [6.45, 7) is 8.01. The molecule has 25 heteroatoms. The van der Waals surface area contributed by atoms with Crippen LogP contribution in [0, 0.1) is 0 Å². The zero-order chi connectivity index (χ0) is 56.9. The maximum Gasteiger partial charge on any atom is 0.197 e. The number of benzene rings is 2. The van der Waals surface area contributed by atoms with Crippen LogP contribution in [0.2, 0.25) is 0 Å². The summed E-state index contributed by atoms with van der Waals surface area (Å²) < 4.78 is 49.1. The summed E-state index contributed by atoms with van der Waals surface area (Å²) in [6.07, 6.45) is 15.6. The van der Waals surface area contributed by atoms with Crippen molar-refractivity contribution in [1.82, 2.24) is 54.0 Å². The van der Waals surface area contributed by atoms with E-state index >= 15 is 0 Å². The standard InChI is InChI=1S/C20H21N5OS2.C19H18N4O2S2.C17H17N5OS3.3CH4/c1-3-4-12-28(26)20-15(21)14-16(13-8-6-5-7-9-13)23-17(24-19(14)27-20)18-22-10-11-25(18)2;1-2-3-9-27(24)19-15(20)14-16(12-7-5-4-6-8-12)22-17(23-18(14)26-19)13-10-25-11-21-13;1-9(2)26(23)17-13(18)12-10(14-19-4-6-22(14)3)8-11(21-16(12)25-17)15-20-5-7-24-15;;;/h5-11H,3-4,12,21H2,1-2H3;4-8,10-11H,2-3,9,20H2,1H3;4-9H,18H2,1-3H3;3*1H4. The number of unbranched alkanes of at least 4 members (excludes halogenated alkanes) is 2. The Balaban J connectivity index is 0.000000178. The van der Waals surface area contributed by atoms with Crippen LogP contribution in [0.1, 0.15) is 75.7 Å². The highest BCUT2D eigenvalue weighted by Crippen LogP contribution is 2.45. The van der Waals surface area contributed by atoms with Crippen LogP contribution < -0.4 is 17.2 Å². The number of oxazole rings is 1. The topological polar surface area (TPSA) is 268 Å². The zero-order valence-corrected chi connectivity index (χ0v) is 50.6. The number of thiazole rings is 1. The van der Waals surface area contributed by atoms with Crippen molar-refractivity contribution >= 4 is 125 Å². The van der Waals surface area contributed by atoms with E-state index in [1.165, 1.54) is 58.0 Å². The molecule has 3 unspecified atom stereocenters. The van der Waals surface area contributed by atoms with Gasteiger partial charge in [-0.25, -0.2) is 44.9 Å². The van der Waals surface area contributed by atoms with Gasteiger partial charge in [0.25, 0.3) is 0 Å². The SMILES string of the molecule is C.C.C.CC(C)S(=O)c1sc2nc(-c3nccs3)cc(-c3nccn3C)c2c1N.CCCCS(=O)c1sc2nc(-c3cocn3)nc(-c3ccccc3)c2c1N.CCCCS(=O)c1sc2nc(-c3nccn3C)nc(-c3ccccc3)c2c1N. The average Bonchev–Trinajstić information content (AvgIpc) is 2.16. The monoisotopic (exact) mass is 1260 g/mol. The van der Waals surface area contributed by atoms with Crippen molar-refractivity contribution < 1.29 is 17.0 Å². The summed E-state index contributed by atoms with van der Waals surface area (Å²) in [5.74, 6) is 3.67. The number of nitrogen functional groups attached to an aromatic ring is 3. The van der Waals surface area contributed by atoms with Crippen LogP contribution in [-0.2, 0) is 46.5 Å². The van der Waals surface area contributed by atoms with E-state index in [1.54, 1.807) is 18.6 Å². The van der Waals surface area contributed by atoms with Gasteiger partial charge in [0.1, 0.15) is 55.6 Å². The minimum absolute atomic E-state index is 0. The molecule has 3 atom stereocenters. The number of nitrogens with two attached hydrogens (primary N) is 3. The van der Waals surface area contributed by atoms with Crippen molar-refractivity contribution in [3.8, 4) is 67.8 Å². The van der Waals surface area contributed by atoms with Crippen molar-refractivity contribution in [3.05, 3.63) is 116 Å². The van der Waals surface area contributed by atoms with Crippen molar-refractivity contribution in [2.24, 2.45) is 14.1 Å². The van der Waals surface area contributed by atoms with E-state index in [4.69, 9.17) is 41.6 Å². The number of pyridine rings is 1. The number of hydrogen-bond acceptors (Lipinski definition) is 20. The lowest BCUT2D eigenvalue weighted by Gasteiger charge is -2.07. The molecule has 10 heterocycles. The fourth-order valence-electron chi connectivity index (χ4n) is 8.53. The Bertz CT molecular complexity index is 4210. The first-order valence-electron chi connectivity index (χ1n) is 25.7. The molecule has 0 aliphatic rings. The second kappa shape index (κ2) is 28.5. The molecule has 6 N–H and O–H groups in total. The van der Waals surface area contributed by atoms with Gasteiger partial charge in [0.05, 0.1) is 71.6 Å². The lowest BCUT2D eigenvalue weighted by atomic mass is 10.1. The summed E-state index contributed by atoms with van der Waals surface area (Å²) in [7, 11) is 0.398. The fourth-order valence-corrected chi connectivity index (χ4v) is 17.4. The first-order chi connectivity index (χ1) is 39.3. The summed E-state index contributed by atoms with van der Waals surface area (Å²) in [4.78, 5) is 43.2. The summed E-state index contributed by atoms with van der Waals surface area (Å²) in [6, 6.07) is 21.6. The molecule has 0 radical (unpaired) electrons. The molecule has 0 amide bonds. The number of fused-ring (bicyclic) bond motifs is 3. The maximum atomic E-state index is 12.8. The quantitative estimate of drug-likeness (QED) is 0.0811. The molecule has 0 aliphatic carbocycles. The highest BCUT2D eigenvalue weighted by Gasteiger charge is 2.26. The van der Waals surface area contributed by atoms with Crippen LogP contribution in [0.4, 0.5) is 17.1 Å². The fraction of sp³-hybridized carbons (Fsp3) is 0.271. The number of aromatic nitrogens is 11. The molecular weight excluding hydrogens is 1190 g/mol. The molecule has 84 heavy (non-hydrogen) atoms. The summed E-state index contributed by atoms with van der Waals surface area (Å²) in [5.41, 5.74) is 26.4. The second-order valence-electron chi connectivity index (χ2n) is 18.6. The van der Waals surface area contributed by atoms with Crippen molar-refractivity contribution in [1.29, 1.82) is 0 Å². The molecule has 0 bridgehead atoms. The van der Waals surface area contributed by atoms with E-state index < -0.39 is 32.4 Å². The van der Waals surface area contributed by atoms with Crippen molar-refractivity contribution in [2.75, 3.05) is 28.7 Å². The molecule has 18 nitrogen and oxygen atoms in total.